The second-order valence-electron chi connectivity index (χ2n) is 7.54. The van der Waals surface area contributed by atoms with Gasteiger partial charge in [0.15, 0.2) is 0 Å². The van der Waals surface area contributed by atoms with Gasteiger partial charge in [-0.25, -0.2) is 4.79 Å². The molecule has 6 heteroatoms. The van der Waals surface area contributed by atoms with Crippen LogP contribution in [0.1, 0.15) is 46.5 Å². The van der Waals surface area contributed by atoms with E-state index in [0.717, 1.165) is 25.7 Å². The average molecular weight is 313 g/mol. The highest BCUT2D eigenvalue weighted by atomic mass is 16.6. The highest BCUT2D eigenvalue weighted by Gasteiger charge is 2.38. The molecule has 0 aromatic heterocycles. The van der Waals surface area contributed by atoms with E-state index in [1.807, 2.05) is 20.8 Å². The summed E-state index contributed by atoms with van der Waals surface area (Å²) in [5, 5.41) is 3.66. The van der Waals surface area contributed by atoms with Crippen molar-refractivity contribution in [2.45, 2.75) is 76.3 Å². The molecule has 1 heterocycles. The van der Waals surface area contributed by atoms with Gasteiger partial charge in [0.1, 0.15) is 5.60 Å². The zero-order valence-corrected chi connectivity index (χ0v) is 14.3. The van der Waals surface area contributed by atoms with Gasteiger partial charge in [0, 0.05) is 25.7 Å². The Labute approximate surface area is 133 Å². The fourth-order valence-corrected chi connectivity index (χ4v) is 3.24. The van der Waals surface area contributed by atoms with Gasteiger partial charge in [0.25, 0.3) is 0 Å². The van der Waals surface area contributed by atoms with Gasteiger partial charge in [-0.15, -0.1) is 0 Å². The third-order valence-corrected chi connectivity index (χ3v) is 4.44. The molecule has 2 aliphatic rings. The van der Waals surface area contributed by atoms with Gasteiger partial charge in [-0.1, -0.05) is 0 Å². The lowest BCUT2D eigenvalue weighted by atomic mass is 9.91. The number of carbonyl (C=O) groups is 1. The second-order valence-corrected chi connectivity index (χ2v) is 7.54. The van der Waals surface area contributed by atoms with E-state index in [-0.39, 0.29) is 18.2 Å². The van der Waals surface area contributed by atoms with E-state index in [1.165, 1.54) is 0 Å². The minimum atomic E-state index is -0.468. The number of ether oxygens (including phenoxy) is 2. The van der Waals surface area contributed by atoms with Crippen LogP contribution in [0.3, 0.4) is 0 Å². The number of nitrogens with zero attached hydrogens (tertiary/aromatic N) is 1. The topological polar surface area (TPSA) is 76.8 Å². The summed E-state index contributed by atoms with van der Waals surface area (Å²) in [5.74, 6) is 0. The maximum absolute atomic E-state index is 12.2. The van der Waals surface area contributed by atoms with Crippen LogP contribution in [-0.2, 0) is 9.47 Å². The van der Waals surface area contributed by atoms with Crippen LogP contribution in [0.2, 0.25) is 0 Å². The van der Waals surface area contributed by atoms with Crippen LogP contribution in [0.15, 0.2) is 0 Å². The summed E-state index contributed by atoms with van der Waals surface area (Å²) in [5.41, 5.74) is 5.49. The second kappa shape index (κ2) is 7.15. The molecule has 2 fully saturated rings. The fraction of sp³-hybridized carbons (Fsp3) is 0.938. The molecule has 1 aliphatic heterocycles. The molecular formula is C16H31N3O3. The predicted molar refractivity (Wildman–Crippen MR) is 85.8 cm³/mol. The van der Waals surface area contributed by atoms with E-state index in [1.54, 1.807) is 12.0 Å². The van der Waals surface area contributed by atoms with Crippen molar-refractivity contribution >= 4 is 6.09 Å². The summed E-state index contributed by atoms with van der Waals surface area (Å²) in [4.78, 5) is 13.9. The van der Waals surface area contributed by atoms with Gasteiger partial charge in [-0.05, 0) is 46.5 Å². The molecule has 1 unspecified atom stereocenters. The molecule has 1 amide bonds. The number of nitrogens with two attached hydrogens (primary N) is 1. The first-order valence-corrected chi connectivity index (χ1v) is 8.31. The molecule has 0 radical (unpaired) electrons. The zero-order chi connectivity index (χ0) is 16.3. The maximum atomic E-state index is 12.2. The molecule has 0 bridgehead atoms. The fourth-order valence-electron chi connectivity index (χ4n) is 3.24. The number of nitrogens with one attached hydrogen (secondary N) is 1. The molecule has 2 rings (SSSR count). The standard InChI is InChI=1S/C16H31N3O3/c1-16(2,3)22-15(20)19-9-13(14(10-19)21-4)18-12-7-5-11(17)6-8-12/h11-14,18H,5-10,17H2,1-4H3/t11?,12?,13?,14-/m0/s1. The molecule has 0 aromatic carbocycles. The Kier molecular flexibility index (Phi) is 5.69. The van der Waals surface area contributed by atoms with Crippen LogP contribution >= 0.6 is 0 Å². The number of methoxy groups -OCH3 is 1. The van der Waals surface area contributed by atoms with E-state index in [2.05, 4.69) is 5.32 Å². The summed E-state index contributed by atoms with van der Waals surface area (Å²) >= 11 is 0. The molecular weight excluding hydrogens is 282 g/mol. The van der Waals surface area contributed by atoms with Crippen LogP contribution in [-0.4, -0.2) is 61.0 Å². The van der Waals surface area contributed by atoms with Crippen LogP contribution in [0, 0.1) is 0 Å². The molecule has 0 aromatic rings. The molecule has 128 valence electrons. The SMILES string of the molecule is CO[C@H]1CN(C(=O)OC(C)(C)C)CC1NC1CCC(N)CC1. The Balaban J connectivity index is 1.88. The lowest BCUT2D eigenvalue weighted by Gasteiger charge is -2.30. The molecule has 6 nitrogen and oxygen atoms in total. The Hall–Kier alpha value is -0.850. The number of carbonyl (C=O) groups excluding carboxylic acids is 1. The number of rotatable bonds is 3. The first-order valence-electron chi connectivity index (χ1n) is 8.31. The lowest BCUT2D eigenvalue weighted by Crippen LogP contribution is -2.48. The highest BCUT2D eigenvalue weighted by Crippen LogP contribution is 2.22. The largest absolute Gasteiger partial charge is 0.444 e. The van der Waals surface area contributed by atoms with Crippen LogP contribution in [0.5, 0.6) is 0 Å². The number of hydrogen-bond acceptors (Lipinski definition) is 5. The van der Waals surface area contributed by atoms with Crippen molar-refractivity contribution in [2.24, 2.45) is 5.73 Å². The highest BCUT2D eigenvalue weighted by molar-refractivity contribution is 5.68. The summed E-state index contributed by atoms with van der Waals surface area (Å²) < 4.78 is 11.0. The van der Waals surface area contributed by atoms with E-state index in [4.69, 9.17) is 15.2 Å². The Morgan fingerprint density at radius 1 is 1.18 bits per heavy atom. The quantitative estimate of drug-likeness (QED) is 0.825. The Morgan fingerprint density at radius 3 is 2.36 bits per heavy atom. The van der Waals surface area contributed by atoms with Crippen molar-refractivity contribution in [3.63, 3.8) is 0 Å². The van der Waals surface area contributed by atoms with Gasteiger partial charge < -0.3 is 25.4 Å². The monoisotopic (exact) mass is 313 g/mol. The third kappa shape index (κ3) is 4.83. The molecule has 22 heavy (non-hydrogen) atoms. The van der Waals surface area contributed by atoms with Crippen molar-refractivity contribution < 1.29 is 14.3 Å². The first-order chi connectivity index (χ1) is 10.3. The van der Waals surface area contributed by atoms with Gasteiger partial charge in [0.05, 0.1) is 18.7 Å². The summed E-state index contributed by atoms with van der Waals surface area (Å²) in [6, 6.07) is 0.982. The molecule has 2 atom stereocenters. The van der Waals surface area contributed by atoms with Crippen LogP contribution in [0.4, 0.5) is 4.79 Å². The van der Waals surface area contributed by atoms with Gasteiger partial charge in [-0.2, -0.15) is 0 Å². The average Bonchev–Trinajstić information content (AvgIpc) is 2.83. The van der Waals surface area contributed by atoms with Crippen molar-refractivity contribution in [3.8, 4) is 0 Å². The number of hydrogen-bond donors (Lipinski definition) is 2. The lowest BCUT2D eigenvalue weighted by molar-refractivity contribution is 0.0252. The zero-order valence-electron chi connectivity index (χ0n) is 14.3. The van der Waals surface area contributed by atoms with Gasteiger partial charge >= 0.3 is 6.09 Å². The van der Waals surface area contributed by atoms with Crippen LogP contribution < -0.4 is 11.1 Å². The summed E-state index contributed by atoms with van der Waals surface area (Å²) in [6.45, 7) is 6.87. The van der Waals surface area contributed by atoms with Crippen molar-refractivity contribution in [1.82, 2.24) is 10.2 Å². The summed E-state index contributed by atoms with van der Waals surface area (Å²) in [6.07, 6.45) is 4.09. The van der Waals surface area contributed by atoms with Gasteiger partial charge in [0.2, 0.25) is 0 Å². The molecule has 3 N–H and O–H groups in total. The number of likely N-dealkylation sites (tertiary alicyclic amines) is 1. The van der Waals surface area contributed by atoms with E-state index in [0.29, 0.717) is 25.2 Å². The van der Waals surface area contributed by atoms with E-state index in [9.17, 15) is 4.79 Å². The molecule has 1 saturated heterocycles. The normalized spacial score (nSPS) is 33.0. The van der Waals surface area contributed by atoms with Crippen molar-refractivity contribution in [1.29, 1.82) is 0 Å². The minimum absolute atomic E-state index is 0.0168. The van der Waals surface area contributed by atoms with Crippen molar-refractivity contribution in [2.75, 3.05) is 20.2 Å². The van der Waals surface area contributed by atoms with Crippen LogP contribution in [0.25, 0.3) is 0 Å². The maximum Gasteiger partial charge on any atom is 0.410 e. The first kappa shape index (κ1) is 17.5. The molecule has 1 saturated carbocycles. The Morgan fingerprint density at radius 2 is 1.82 bits per heavy atom. The summed E-state index contributed by atoms with van der Waals surface area (Å²) in [7, 11) is 1.70. The third-order valence-electron chi connectivity index (χ3n) is 4.44. The smallest absolute Gasteiger partial charge is 0.410 e. The Bertz CT molecular complexity index is 375. The predicted octanol–water partition coefficient (Wildman–Crippen LogP) is 1.48. The van der Waals surface area contributed by atoms with E-state index >= 15 is 0 Å². The number of amides is 1. The van der Waals surface area contributed by atoms with Gasteiger partial charge in [-0.3, -0.25) is 0 Å². The van der Waals surface area contributed by atoms with Crippen molar-refractivity contribution in [3.05, 3.63) is 0 Å². The minimum Gasteiger partial charge on any atom is -0.444 e. The molecule has 0 spiro atoms. The van der Waals surface area contributed by atoms with E-state index < -0.39 is 5.60 Å². The molecule has 1 aliphatic carbocycles.